The predicted molar refractivity (Wildman–Crippen MR) is 56.3 cm³/mol. The molecule has 0 unspecified atom stereocenters. The van der Waals surface area contributed by atoms with Gasteiger partial charge < -0.3 is 0 Å². The van der Waals surface area contributed by atoms with Gasteiger partial charge in [-0.3, -0.25) is 0 Å². The molecule has 5 nitrogen and oxygen atoms in total. The van der Waals surface area contributed by atoms with E-state index in [2.05, 4.69) is 9.71 Å². The van der Waals surface area contributed by atoms with Gasteiger partial charge in [-0.15, -0.1) is 11.3 Å². The second-order valence-electron chi connectivity index (χ2n) is 2.99. The number of nitrogens with zero attached hydrogens (tertiary/aromatic N) is 2. The minimum Gasteiger partial charge on any atom is -0.245 e. The Labute approximate surface area is 88.0 Å². The zero-order valence-corrected chi connectivity index (χ0v) is 9.94. The molecule has 0 radical (unpaired) electrons. The van der Waals surface area contributed by atoms with Gasteiger partial charge in [0.1, 0.15) is 5.01 Å². The molecule has 0 aliphatic carbocycles. The first-order chi connectivity index (χ1) is 6.42. The van der Waals surface area contributed by atoms with Gasteiger partial charge in [-0.2, -0.15) is 17.4 Å². The van der Waals surface area contributed by atoms with Crippen LogP contribution in [0.2, 0.25) is 0 Å². The van der Waals surface area contributed by atoms with Crippen LogP contribution < -0.4 is 4.72 Å². The van der Waals surface area contributed by atoms with Crippen molar-refractivity contribution >= 4 is 21.5 Å². The fourth-order valence-electron chi connectivity index (χ4n) is 0.766. The number of aromatic nitrogens is 1. The minimum atomic E-state index is -3.34. The smallest absolute Gasteiger partial charge is 0.245 e. The quantitative estimate of drug-likeness (QED) is 0.819. The Morgan fingerprint density at radius 2 is 2.21 bits per heavy atom. The molecule has 1 aromatic rings. The SMILES string of the molecule is Cc1csc(CNS(=O)(=O)N(C)C)n1. The summed E-state index contributed by atoms with van der Waals surface area (Å²) in [5, 5.41) is 2.66. The van der Waals surface area contributed by atoms with Crippen molar-refractivity contribution in [2.24, 2.45) is 0 Å². The van der Waals surface area contributed by atoms with Crippen molar-refractivity contribution < 1.29 is 8.42 Å². The highest BCUT2D eigenvalue weighted by atomic mass is 32.2. The highest BCUT2D eigenvalue weighted by Crippen LogP contribution is 2.08. The van der Waals surface area contributed by atoms with Crippen LogP contribution in [0.3, 0.4) is 0 Å². The first-order valence-electron chi connectivity index (χ1n) is 4.00. The van der Waals surface area contributed by atoms with Gasteiger partial charge >= 0.3 is 0 Å². The molecule has 0 saturated heterocycles. The summed E-state index contributed by atoms with van der Waals surface area (Å²) in [5.41, 5.74) is 0.911. The van der Waals surface area contributed by atoms with E-state index in [1.54, 1.807) is 0 Å². The Balaban J connectivity index is 2.57. The third-order valence-corrected chi connectivity index (χ3v) is 3.99. The van der Waals surface area contributed by atoms with E-state index in [9.17, 15) is 8.42 Å². The van der Waals surface area contributed by atoms with Gasteiger partial charge in [0.05, 0.1) is 6.54 Å². The lowest BCUT2D eigenvalue weighted by molar-refractivity contribution is 0.505. The van der Waals surface area contributed by atoms with Crippen molar-refractivity contribution in [1.29, 1.82) is 0 Å². The minimum absolute atomic E-state index is 0.249. The molecule has 1 N–H and O–H groups in total. The maximum Gasteiger partial charge on any atom is 0.279 e. The average molecular weight is 235 g/mol. The van der Waals surface area contributed by atoms with E-state index in [4.69, 9.17) is 0 Å². The Hall–Kier alpha value is -0.500. The second kappa shape index (κ2) is 4.35. The van der Waals surface area contributed by atoms with E-state index < -0.39 is 10.2 Å². The standard InChI is InChI=1S/C7H13N3O2S2/c1-6-5-13-7(9-6)4-8-14(11,12)10(2)3/h5,8H,4H2,1-3H3. The van der Waals surface area contributed by atoms with Gasteiger partial charge in [0.15, 0.2) is 0 Å². The van der Waals surface area contributed by atoms with Gasteiger partial charge in [-0.05, 0) is 6.92 Å². The number of aryl methyl sites for hydroxylation is 1. The van der Waals surface area contributed by atoms with Crippen molar-refractivity contribution in [2.75, 3.05) is 14.1 Å². The van der Waals surface area contributed by atoms with Crippen molar-refractivity contribution in [3.63, 3.8) is 0 Å². The zero-order valence-electron chi connectivity index (χ0n) is 8.31. The molecule has 14 heavy (non-hydrogen) atoms. The van der Waals surface area contributed by atoms with E-state index in [1.165, 1.54) is 25.4 Å². The first-order valence-corrected chi connectivity index (χ1v) is 6.32. The molecular formula is C7H13N3O2S2. The summed E-state index contributed by atoms with van der Waals surface area (Å²) in [6.45, 7) is 2.12. The molecule has 0 spiro atoms. The summed E-state index contributed by atoms with van der Waals surface area (Å²) >= 11 is 1.45. The van der Waals surface area contributed by atoms with E-state index in [0.29, 0.717) is 0 Å². The molecule has 0 bridgehead atoms. The van der Waals surface area contributed by atoms with Crippen LogP contribution >= 0.6 is 11.3 Å². The molecular weight excluding hydrogens is 222 g/mol. The van der Waals surface area contributed by atoms with Crippen molar-refractivity contribution in [2.45, 2.75) is 13.5 Å². The van der Waals surface area contributed by atoms with Gasteiger partial charge in [-0.1, -0.05) is 0 Å². The molecule has 0 aromatic carbocycles. The van der Waals surface area contributed by atoms with Crippen molar-refractivity contribution in [3.8, 4) is 0 Å². The summed E-state index contributed by atoms with van der Waals surface area (Å²) < 4.78 is 26.2. The first kappa shape index (κ1) is 11.6. The molecule has 7 heteroatoms. The van der Waals surface area contributed by atoms with Gasteiger partial charge in [0, 0.05) is 25.2 Å². The Kier molecular flexibility index (Phi) is 3.59. The van der Waals surface area contributed by atoms with Crippen LogP contribution in [-0.2, 0) is 16.8 Å². The van der Waals surface area contributed by atoms with E-state index >= 15 is 0 Å². The van der Waals surface area contributed by atoms with Gasteiger partial charge in [-0.25, -0.2) is 4.98 Å². The van der Waals surface area contributed by atoms with Crippen LogP contribution in [0.25, 0.3) is 0 Å². The fourth-order valence-corrected chi connectivity index (χ4v) is 2.15. The summed E-state index contributed by atoms with van der Waals surface area (Å²) in [4.78, 5) is 4.15. The van der Waals surface area contributed by atoms with Gasteiger partial charge in [0.25, 0.3) is 10.2 Å². The fraction of sp³-hybridized carbons (Fsp3) is 0.571. The summed E-state index contributed by atoms with van der Waals surface area (Å²) in [6, 6.07) is 0. The number of hydrogen-bond donors (Lipinski definition) is 1. The lowest BCUT2D eigenvalue weighted by Crippen LogP contribution is -2.35. The highest BCUT2D eigenvalue weighted by Gasteiger charge is 2.12. The lowest BCUT2D eigenvalue weighted by Gasteiger charge is -2.10. The van der Waals surface area contributed by atoms with Crippen LogP contribution in [0.5, 0.6) is 0 Å². The molecule has 0 fully saturated rings. The van der Waals surface area contributed by atoms with Crippen LogP contribution in [0.4, 0.5) is 0 Å². The Bertz CT molecular complexity index is 397. The van der Waals surface area contributed by atoms with Gasteiger partial charge in [0.2, 0.25) is 0 Å². The largest absolute Gasteiger partial charge is 0.279 e. The highest BCUT2D eigenvalue weighted by molar-refractivity contribution is 7.87. The second-order valence-corrected chi connectivity index (χ2v) is 5.90. The summed E-state index contributed by atoms with van der Waals surface area (Å²) in [6.07, 6.45) is 0. The van der Waals surface area contributed by atoms with Crippen molar-refractivity contribution in [3.05, 3.63) is 16.1 Å². The maximum absolute atomic E-state index is 11.3. The molecule has 0 atom stereocenters. The Morgan fingerprint density at radius 3 is 2.64 bits per heavy atom. The van der Waals surface area contributed by atoms with Crippen LogP contribution in [0.1, 0.15) is 10.7 Å². The molecule has 0 aliphatic rings. The van der Waals surface area contributed by atoms with E-state index in [0.717, 1.165) is 15.0 Å². The lowest BCUT2D eigenvalue weighted by atomic mass is 10.6. The summed E-state index contributed by atoms with van der Waals surface area (Å²) in [5.74, 6) is 0. The summed E-state index contributed by atoms with van der Waals surface area (Å²) in [7, 11) is -0.374. The third-order valence-electron chi connectivity index (χ3n) is 1.55. The topological polar surface area (TPSA) is 62.3 Å². The molecule has 0 amide bonds. The van der Waals surface area contributed by atoms with E-state index in [-0.39, 0.29) is 6.54 Å². The average Bonchev–Trinajstić information content (AvgIpc) is 2.48. The van der Waals surface area contributed by atoms with Crippen LogP contribution in [0.15, 0.2) is 5.38 Å². The number of thiazole rings is 1. The number of rotatable bonds is 4. The third kappa shape index (κ3) is 3.02. The normalized spacial score (nSPS) is 12.3. The maximum atomic E-state index is 11.3. The van der Waals surface area contributed by atoms with Crippen LogP contribution in [-0.4, -0.2) is 31.8 Å². The van der Waals surface area contributed by atoms with Crippen LogP contribution in [0, 0.1) is 6.92 Å². The zero-order chi connectivity index (χ0) is 10.8. The number of hydrogen-bond acceptors (Lipinski definition) is 4. The molecule has 0 saturated carbocycles. The monoisotopic (exact) mass is 235 g/mol. The predicted octanol–water partition coefficient (Wildman–Crippen LogP) is 0.348. The molecule has 1 heterocycles. The molecule has 0 aliphatic heterocycles. The molecule has 80 valence electrons. The number of nitrogens with one attached hydrogen (secondary N) is 1. The molecule has 1 aromatic heterocycles. The van der Waals surface area contributed by atoms with E-state index in [1.807, 2.05) is 12.3 Å². The Morgan fingerprint density at radius 1 is 1.57 bits per heavy atom. The van der Waals surface area contributed by atoms with Crippen molar-refractivity contribution in [1.82, 2.24) is 14.0 Å². The molecule has 1 rings (SSSR count).